The SMILES string of the molecule is CC(CCN)c1ccccc1Oc1ccc(Br)cc1. The molecule has 0 aliphatic carbocycles. The molecule has 0 aromatic heterocycles. The first kappa shape index (κ1) is 14.1. The van der Waals surface area contributed by atoms with Crippen LogP contribution in [0.4, 0.5) is 0 Å². The normalized spacial score (nSPS) is 12.2. The minimum atomic E-state index is 0.400. The molecule has 0 aliphatic rings. The number of para-hydroxylation sites is 1. The summed E-state index contributed by atoms with van der Waals surface area (Å²) in [6, 6.07) is 16.0. The Labute approximate surface area is 122 Å². The molecule has 0 fully saturated rings. The largest absolute Gasteiger partial charge is 0.457 e. The van der Waals surface area contributed by atoms with E-state index in [1.807, 2.05) is 42.5 Å². The van der Waals surface area contributed by atoms with E-state index in [0.29, 0.717) is 12.5 Å². The highest BCUT2D eigenvalue weighted by molar-refractivity contribution is 9.10. The van der Waals surface area contributed by atoms with Crippen LogP contribution in [0, 0.1) is 0 Å². The summed E-state index contributed by atoms with van der Waals surface area (Å²) < 4.78 is 7.02. The van der Waals surface area contributed by atoms with Crippen molar-refractivity contribution in [1.82, 2.24) is 0 Å². The zero-order valence-corrected chi connectivity index (χ0v) is 12.6. The van der Waals surface area contributed by atoms with Gasteiger partial charge in [0.15, 0.2) is 0 Å². The molecule has 0 spiro atoms. The van der Waals surface area contributed by atoms with E-state index in [1.54, 1.807) is 0 Å². The van der Waals surface area contributed by atoms with Crippen molar-refractivity contribution in [2.24, 2.45) is 5.73 Å². The molecule has 2 nitrogen and oxygen atoms in total. The Balaban J connectivity index is 2.22. The predicted octanol–water partition coefficient (Wildman–Crippen LogP) is 4.69. The first-order valence-electron chi connectivity index (χ1n) is 6.43. The Hall–Kier alpha value is -1.32. The van der Waals surface area contributed by atoms with E-state index in [0.717, 1.165) is 22.4 Å². The maximum atomic E-state index is 5.97. The number of rotatable bonds is 5. The smallest absolute Gasteiger partial charge is 0.130 e. The molecule has 2 aromatic rings. The Morgan fingerprint density at radius 1 is 1.11 bits per heavy atom. The molecular weight excluding hydrogens is 302 g/mol. The summed E-state index contributed by atoms with van der Waals surface area (Å²) in [6.45, 7) is 2.87. The maximum Gasteiger partial charge on any atom is 0.130 e. The van der Waals surface area contributed by atoms with Crippen molar-refractivity contribution < 1.29 is 4.74 Å². The van der Waals surface area contributed by atoms with Crippen molar-refractivity contribution in [3.8, 4) is 11.5 Å². The molecule has 0 aliphatic heterocycles. The van der Waals surface area contributed by atoms with Crippen LogP contribution >= 0.6 is 15.9 Å². The van der Waals surface area contributed by atoms with Crippen molar-refractivity contribution >= 4 is 15.9 Å². The average Bonchev–Trinajstić information content (AvgIpc) is 2.42. The lowest BCUT2D eigenvalue weighted by Gasteiger charge is -2.16. The lowest BCUT2D eigenvalue weighted by Crippen LogP contribution is -2.05. The summed E-state index contributed by atoms with van der Waals surface area (Å²) in [5.41, 5.74) is 6.84. The fraction of sp³-hybridized carbons (Fsp3) is 0.250. The highest BCUT2D eigenvalue weighted by Gasteiger charge is 2.11. The first-order valence-corrected chi connectivity index (χ1v) is 7.22. The molecule has 0 bridgehead atoms. The van der Waals surface area contributed by atoms with Gasteiger partial charge in [0, 0.05) is 4.47 Å². The molecule has 2 aromatic carbocycles. The summed E-state index contributed by atoms with van der Waals surface area (Å²) in [6.07, 6.45) is 0.959. The summed E-state index contributed by atoms with van der Waals surface area (Å²) in [5.74, 6) is 2.15. The van der Waals surface area contributed by atoms with Crippen LogP contribution in [-0.2, 0) is 0 Å². The zero-order valence-electron chi connectivity index (χ0n) is 11.0. The number of hydrogen-bond donors (Lipinski definition) is 1. The van der Waals surface area contributed by atoms with Gasteiger partial charge in [-0.05, 0) is 54.8 Å². The van der Waals surface area contributed by atoms with Crippen LogP contribution in [0.5, 0.6) is 11.5 Å². The van der Waals surface area contributed by atoms with Crippen LogP contribution in [0.15, 0.2) is 53.0 Å². The van der Waals surface area contributed by atoms with Gasteiger partial charge < -0.3 is 10.5 Å². The standard InChI is InChI=1S/C16H18BrNO/c1-12(10-11-18)15-4-2-3-5-16(15)19-14-8-6-13(17)7-9-14/h2-9,12H,10-11,18H2,1H3. The number of nitrogens with two attached hydrogens (primary N) is 1. The topological polar surface area (TPSA) is 35.2 Å². The fourth-order valence-electron chi connectivity index (χ4n) is 2.02. The van der Waals surface area contributed by atoms with Crippen LogP contribution in [0.25, 0.3) is 0 Å². The summed E-state index contributed by atoms with van der Waals surface area (Å²) in [5, 5.41) is 0. The van der Waals surface area contributed by atoms with E-state index >= 15 is 0 Å². The molecule has 0 saturated carbocycles. The van der Waals surface area contributed by atoms with E-state index in [1.165, 1.54) is 5.56 Å². The number of benzene rings is 2. The maximum absolute atomic E-state index is 5.97. The molecule has 2 N–H and O–H groups in total. The minimum absolute atomic E-state index is 0.400. The fourth-order valence-corrected chi connectivity index (χ4v) is 2.28. The minimum Gasteiger partial charge on any atom is -0.457 e. The Morgan fingerprint density at radius 3 is 2.47 bits per heavy atom. The second-order valence-corrected chi connectivity index (χ2v) is 5.49. The van der Waals surface area contributed by atoms with E-state index in [2.05, 4.69) is 28.9 Å². The van der Waals surface area contributed by atoms with Crippen molar-refractivity contribution in [3.63, 3.8) is 0 Å². The highest BCUT2D eigenvalue weighted by atomic mass is 79.9. The van der Waals surface area contributed by atoms with Crippen LogP contribution in [0.1, 0.15) is 24.8 Å². The lowest BCUT2D eigenvalue weighted by molar-refractivity contribution is 0.469. The highest BCUT2D eigenvalue weighted by Crippen LogP contribution is 2.32. The van der Waals surface area contributed by atoms with Crippen molar-refractivity contribution in [3.05, 3.63) is 58.6 Å². The molecule has 0 heterocycles. The predicted molar refractivity (Wildman–Crippen MR) is 82.7 cm³/mol. The molecule has 0 radical (unpaired) electrons. The Morgan fingerprint density at radius 2 is 1.79 bits per heavy atom. The molecule has 2 rings (SSSR count). The summed E-state index contributed by atoms with van der Waals surface area (Å²) in [4.78, 5) is 0. The molecule has 100 valence electrons. The van der Waals surface area contributed by atoms with Crippen molar-refractivity contribution in [2.75, 3.05) is 6.54 Å². The summed E-state index contributed by atoms with van der Waals surface area (Å²) >= 11 is 3.42. The van der Waals surface area contributed by atoms with E-state index in [9.17, 15) is 0 Å². The quantitative estimate of drug-likeness (QED) is 0.867. The van der Waals surface area contributed by atoms with E-state index < -0.39 is 0 Å². The summed E-state index contributed by atoms with van der Waals surface area (Å²) in [7, 11) is 0. The molecule has 0 saturated heterocycles. The zero-order chi connectivity index (χ0) is 13.7. The molecule has 3 heteroatoms. The molecular formula is C16H18BrNO. The Bertz CT molecular complexity index is 525. The van der Waals surface area contributed by atoms with Crippen LogP contribution in [0.3, 0.4) is 0 Å². The first-order chi connectivity index (χ1) is 9.20. The second kappa shape index (κ2) is 6.73. The van der Waals surface area contributed by atoms with Crippen molar-refractivity contribution in [2.45, 2.75) is 19.3 Å². The number of hydrogen-bond acceptors (Lipinski definition) is 2. The monoisotopic (exact) mass is 319 g/mol. The third-order valence-electron chi connectivity index (χ3n) is 3.09. The van der Waals surface area contributed by atoms with Gasteiger partial charge in [0.05, 0.1) is 0 Å². The third kappa shape index (κ3) is 3.82. The average molecular weight is 320 g/mol. The van der Waals surface area contributed by atoms with Gasteiger partial charge in [-0.1, -0.05) is 41.1 Å². The van der Waals surface area contributed by atoms with Gasteiger partial charge >= 0.3 is 0 Å². The molecule has 1 unspecified atom stereocenters. The molecule has 0 amide bonds. The van der Waals surface area contributed by atoms with Gasteiger partial charge in [-0.15, -0.1) is 0 Å². The second-order valence-electron chi connectivity index (χ2n) is 4.57. The van der Waals surface area contributed by atoms with Gasteiger partial charge in [0.1, 0.15) is 11.5 Å². The van der Waals surface area contributed by atoms with Crippen LogP contribution in [0.2, 0.25) is 0 Å². The molecule has 19 heavy (non-hydrogen) atoms. The lowest BCUT2D eigenvalue weighted by atomic mass is 9.97. The number of halogens is 1. The van der Waals surface area contributed by atoms with Crippen molar-refractivity contribution in [1.29, 1.82) is 0 Å². The molecule has 1 atom stereocenters. The Kier molecular flexibility index (Phi) is 5.00. The van der Waals surface area contributed by atoms with Crippen LogP contribution in [-0.4, -0.2) is 6.54 Å². The van der Waals surface area contributed by atoms with E-state index in [4.69, 9.17) is 10.5 Å². The van der Waals surface area contributed by atoms with E-state index in [-0.39, 0.29) is 0 Å². The van der Waals surface area contributed by atoms with Gasteiger partial charge in [0.25, 0.3) is 0 Å². The van der Waals surface area contributed by atoms with Gasteiger partial charge in [-0.2, -0.15) is 0 Å². The van der Waals surface area contributed by atoms with Gasteiger partial charge in [-0.25, -0.2) is 0 Å². The van der Waals surface area contributed by atoms with Gasteiger partial charge in [-0.3, -0.25) is 0 Å². The number of ether oxygens (including phenoxy) is 1. The third-order valence-corrected chi connectivity index (χ3v) is 3.62. The van der Waals surface area contributed by atoms with Crippen LogP contribution < -0.4 is 10.5 Å². The van der Waals surface area contributed by atoms with Gasteiger partial charge in [0.2, 0.25) is 0 Å².